The van der Waals surface area contributed by atoms with Gasteiger partial charge in [-0.05, 0) is 19.1 Å². The molecule has 1 aliphatic heterocycles. The molecule has 0 spiro atoms. The lowest BCUT2D eigenvalue weighted by molar-refractivity contribution is -0.151. The molecule has 0 radical (unpaired) electrons. The highest BCUT2D eigenvalue weighted by Crippen LogP contribution is 2.19. The molecule has 1 aromatic rings. The number of nitrogens with one attached hydrogen (secondary N) is 1. The lowest BCUT2D eigenvalue weighted by Gasteiger charge is -2.20. The van der Waals surface area contributed by atoms with Crippen molar-refractivity contribution in [2.24, 2.45) is 0 Å². The number of hydrogen-bond acceptors (Lipinski definition) is 4. The third-order valence-electron chi connectivity index (χ3n) is 3.33. The summed E-state index contributed by atoms with van der Waals surface area (Å²) in [6.07, 6.45) is -0.999. The third-order valence-corrected chi connectivity index (χ3v) is 3.33. The Bertz CT molecular complexity index is 569. The highest BCUT2D eigenvalue weighted by Gasteiger charge is 2.41. The Morgan fingerprint density at radius 2 is 1.86 bits per heavy atom. The van der Waals surface area contributed by atoms with E-state index in [4.69, 9.17) is 5.11 Å². The number of amides is 2. The number of aliphatic hydroxyl groups is 1. The fourth-order valence-electron chi connectivity index (χ4n) is 2.22. The van der Waals surface area contributed by atoms with Crippen LogP contribution in [0.1, 0.15) is 12.0 Å². The molecule has 7 heteroatoms. The first-order valence-corrected chi connectivity index (χ1v) is 6.48. The molecule has 112 valence electrons. The van der Waals surface area contributed by atoms with E-state index in [1.807, 2.05) is 6.92 Å². The number of aliphatic hydroxyl groups excluding tert-OH is 1. The van der Waals surface area contributed by atoms with Crippen molar-refractivity contribution in [3.63, 3.8) is 0 Å². The van der Waals surface area contributed by atoms with Gasteiger partial charge in [0.1, 0.15) is 6.04 Å². The van der Waals surface area contributed by atoms with E-state index in [0.717, 1.165) is 10.5 Å². The lowest BCUT2D eigenvalue weighted by atomic mass is 10.2. The van der Waals surface area contributed by atoms with Crippen molar-refractivity contribution in [1.82, 2.24) is 4.90 Å². The molecule has 2 atom stereocenters. The standard InChI is InChI=1S/C14H16N2O5/c1-8-2-4-9(5-3-8)15-12(18)13(19)16-7-10(17)6-11(16)14(20)21/h2-5,10-11,17H,6-7H2,1H3,(H,15,18)(H,20,21)/t10-,11+/m1/s1. The summed E-state index contributed by atoms with van der Waals surface area (Å²) in [5, 5.41) is 20.9. The smallest absolute Gasteiger partial charge is 0.326 e. The molecular formula is C14H16N2O5. The Hall–Kier alpha value is -2.41. The SMILES string of the molecule is Cc1ccc(NC(=O)C(=O)N2C[C@H](O)C[C@H]2C(=O)O)cc1. The average molecular weight is 292 g/mol. The van der Waals surface area contributed by atoms with E-state index < -0.39 is 29.9 Å². The van der Waals surface area contributed by atoms with Gasteiger partial charge in [0.05, 0.1) is 6.10 Å². The van der Waals surface area contributed by atoms with Crippen LogP contribution in [0.3, 0.4) is 0 Å². The number of hydrogen-bond donors (Lipinski definition) is 3. The summed E-state index contributed by atoms with van der Waals surface area (Å²) in [5.74, 6) is -3.11. The molecule has 0 saturated carbocycles. The predicted molar refractivity (Wildman–Crippen MR) is 73.6 cm³/mol. The van der Waals surface area contributed by atoms with Gasteiger partial charge >= 0.3 is 17.8 Å². The van der Waals surface area contributed by atoms with Crippen LogP contribution in [0.4, 0.5) is 5.69 Å². The van der Waals surface area contributed by atoms with Gasteiger partial charge in [-0.15, -0.1) is 0 Å². The molecular weight excluding hydrogens is 276 g/mol. The molecule has 7 nitrogen and oxygen atoms in total. The quantitative estimate of drug-likeness (QED) is 0.664. The molecule has 0 bridgehead atoms. The number of rotatable bonds is 2. The minimum Gasteiger partial charge on any atom is -0.480 e. The monoisotopic (exact) mass is 292 g/mol. The van der Waals surface area contributed by atoms with Crippen LogP contribution in [0.2, 0.25) is 0 Å². The van der Waals surface area contributed by atoms with Crippen LogP contribution in [0.5, 0.6) is 0 Å². The second-order valence-corrected chi connectivity index (χ2v) is 5.02. The van der Waals surface area contributed by atoms with Crippen LogP contribution in [-0.4, -0.2) is 51.6 Å². The fourth-order valence-corrected chi connectivity index (χ4v) is 2.22. The summed E-state index contributed by atoms with van der Waals surface area (Å²) < 4.78 is 0. The van der Waals surface area contributed by atoms with E-state index >= 15 is 0 Å². The number of carbonyl (C=O) groups excluding carboxylic acids is 2. The summed E-state index contributed by atoms with van der Waals surface area (Å²) in [7, 11) is 0. The summed E-state index contributed by atoms with van der Waals surface area (Å²) in [6.45, 7) is 1.73. The Morgan fingerprint density at radius 1 is 1.24 bits per heavy atom. The first-order chi connectivity index (χ1) is 9.88. The fraction of sp³-hybridized carbons (Fsp3) is 0.357. The van der Waals surface area contributed by atoms with Crippen LogP contribution in [0, 0.1) is 6.92 Å². The molecule has 1 heterocycles. The predicted octanol–water partition coefficient (Wildman–Crippen LogP) is -0.0201. The van der Waals surface area contributed by atoms with E-state index in [-0.39, 0.29) is 13.0 Å². The molecule has 0 aromatic heterocycles. The molecule has 0 aliphatic carbocycles. The summed E-state index contributed by atoms with van der Waals surface area (Å²) >= 11 is 0. The maximum atomic E-state index is 12.0. The third kappa shape index (κ3) is 3.38. The van der Waals surface area contributed by atoms with Crippen molar-refractivity contribution in [2.75, 3.05) is 11.9 Å². The molecule has 1 aromatic carbocycles. The van der Waals surface area contributed by atoms with Gasteiger partial charge in [-0.25, -0.2) is 4.79 Å². The summed E-state index contributed by atoms with van der Waals surface area (Å²) in [6, 6.07) is 5.68. The largest absolute Gasteiger partial charge is 0.480 e. The molecule has 0 unspecified atom stereocenters. The van der Waals surface area contributed by atoms with Gasteiger partial charge in [-0.2, -0.15) is 0 Å². The van der Waals surface area contributed by atoms with Gasteiger partial charge in [0.15, 0.2) is 0 Å². The molecule has 3 N–H and O–H groups in total. The summed E-state index contributed by atoms with van der Waals surface area (Å²) in [4.78, 5) is 35.8. The minimum absolute atomic E-state index is 0.0706. The van der Waals surface area contributed by atoms with Crippen LogP contribution < -0.4 is 5.32 Å². The maximum absolute atomic E-state index is 12.0. The van der Waals surface area contributed by atoms with E-state index in [9.17, 15) is 19.5 Å². The lowest BCUT2D eigenvalue weighted by Crippen LogP contribution is -2.45. The minimum atomic E-state index is -1.23. The van der Waals surface area contributed by atoms with Crippen molar-refractivity contribution in [1.29, 1.82) is 0 Å². The number of benzene rings is 1. The molecule has 2 amide bonds. The second kappa shape index (κ2) is 5.92. The molecule has 1 aliphatic rings. The number of carbonyl (C=O) groups is 3. The van der Waals surface area contributed by atoms with Crippen LogP contribution in [0.25, 0.3) is 0 Å². The van der Waals surface area contributed by atoms with Crippen molar-refractivity contribution in [3.8, 4) is 0 Å². The highest BCUT2D eigenvalue weighted by molar-refractivity contribution is 6.40. The topological polar surface area (TPSA) is 107 Å². The van der Waals surface area contributed by atoms with Gasteiger partial charge in [0.2, 0.25) is 0 Å². The van der Waals surface area contributed by atoms with Crippen LogP contribution in [0.15, 0.2) is 24.3 Å². The van der Waals surface area contributed by atoms with Gasteiger partial charge in [0, 0.05) is 18.7 Å². The van der Waals surface area contributed by atoms with Crippen LogP contribution in [-0.2, 0) is 14.4 Å². The number of aliphatic carboxylic acids is 1. The van der Waals surface area contributed by atoms with Crippen molar-refractivity contribution in [2.45, 2.75) is 25.5 Å². The molecule has 21 heavy (non-hydrogen) atoms. The van der Waals surface area contributed by atoms with Gasteiger partial charge in [0.25, 0.3) is 0 Å². The van der Waals surface area contributed by atoms with Crippen molar-refractivity contribution in [3.05, 3.63) is 29.8 Å². The van der Waals surface area contributed by atoms with Crippen molar-refractivity contribution >= 4 is 23.5 Å². The first-order valence-electron chi connectivity index (χ1n) is 6.48. The van der Waals surface area contributed by atoms with E-state index in [1.165, 1.54) is 0 Å². The van der Waals surface area contributed by atoms with E-state index in [2.05, 4.69) is 5.32 Å². The number of anilines is 1. The highest BCUT2D eigenvalue weighted by atomic mass is 16.4. The Labute approximate surface area is 121 Å². The summed E-state index contributed by atoms with van der Waals surface area (Å²) in [5.41, 5.74) is 1.46. The number of carboxylic acids is 1. The van der Waals surface area contributed by atoms with Crippen molar-refractivity contribution < 1.29 is 24.6 Å². The maximum Gasteiger partial charge on any atom is 0.326 e. The number of likely N-dealkylation sites (tertiary alicyclic amines) is 1. The number of carboxylic acid groups (broad SMARTS) is 1. The first kappa shape index (κ1) is 15.0. The Morgan fingerprint density at radius 3 is 2.43 bits per heavy atom. The average Bonchev–Trinajstić information content (AvgIpc) is 2.82. The van der Waals surface area contributed by atoms with Gasteiger partial charge < -0.3 is 20.4 Å². The van der Waals surface area contributed by atoms with E-state index in [1.54, 1.807) is 24.3 Å². The number of aryl methyl sites for hydroxylation is 1. The molecule has 1 saturated heterocycles. The number of β-amino-alcohol motifs (C(OH)–C–C–N with tert-alkyl or cyclic N) is 1. The van der Waals surface area contributed by atoms with Crippen LogP contribution >= 0.6 is 0 Å². The Kier molecular flexibility index (Phi) is 4.23. The number of nitrogens with zero attached hydrogens (tertiary/aromatic N) is 1. The second-order valence-electron chi connectivity index (χ2n) is 5.02. The normalized spacial score (nSPS) is 21.1. The zero-order chi connectivity index (χ0) is 15.6. The Balaban J connectivity index is 2.06. The molecule has 2 rings (SSSR count). The van der Waals surface area contributed by atoms with E-state index in [0.29, 0.717) is 5.69 Å². The van der Waals surface area contributed by atoms with Gasteiger partial charge in [-0.1, -0.05) is 17.7 Å². The zero-order valence-corrected chi connectivity index (χ0v) is 11.4. The molecule has 1 fully saturated rings. The zero-order valence-electron chi connectivity index (χ0n) is 11.4. The van der Waals surface area contributed by atoms with Gasteiger partial charge in [-0.3, -0.25) is 9.59 Å².